The minimum atomic E-state index is -1.19. The predicted octanol–water partition coefficient (Wildman–Crippen LogP) is 2.60. The smallest absolute Gasteiger partial charge is 0.311 e. The van der Waals surface area contributed by atoms with Crippen LogP contribution in [0.2, 0.25) is 0 Å². The first-order chi connectivity index (χ1) is 11.2. The Bertz CT molecular complexity index is 517. The van der Waals surface area contributed by atoms with Crippen molar-refractivity contribution in [3.05, 3.63) is 12.2 Å². The van der Waals surface area contributed by atoms with Crippen LogP contribution in [0.4, 0.5) is 0 Å². The van der Waals surface area contributed by atoms with E-state index in [1.165, 1.54) is 0 Å². The van der Waals surface area contributed by atoms with Gasteiger partial charge in [0.25, 0.3) is 0 Å². The fraction of sp³-hybridized carbons (Fsp3) is 0.722. The van der Waals surface area contributed by atoms with E-state index in [2.05, 4.69) is 23.3 Å². The largest absolute Gasteiger partial charge is 0.460 e. The number of unbranched alkanes of at least 4 members (excludes halogenated alkanes) is 1. The third kappa shape index (κ3) is 5.73. The van der Waals surface area contributed by atoms with Crippen molar-refractivity contribution in [2.75, 3.05) is 13.2 Å². The van der Waals surface area contributed by atoms with Crippen LogP contribution in [0.15, 0.2) is 17.1 Å². The number of carbonyl (C=O) groups excluding carboxylic acids is 1. The third-order valence-corrected chi connectivity index (χ3v) is 3.59. The van der Waals surface area contributed by atoms with Gasteiger partial charge in [0.1, 0.15) is 18.3 Å². The van der Waals surface area contributed by atoms with Crippen LogP contribution in [-0.4, -0.2) is 43.2 Å². The van der Waals surface area contributed by atoms with Gasteiger partial charge in [0.15, 0.2) is 0 Å². The summed E-state index contributed by atoms with van der Waals surface area (Å²) < 4.78 is 11.2. The summed E-state index contributed by atoms with van der Waals surface area (Å²) in [4.78, 5) is 16.2. The molecule has 0 amide bonds. The van der Waals surface area contributed by atoms with Crippen LogP contribution in [0.1, 0.15) is 47.5 Å². The lowest BCUT2D eigenvalue weighted by molar-refractivity contribution is -0.162. The van der Waals surface area contributed by atoms with Crippen LogP contribution >= 0.6 is 0 Å². The molecular weight excluding hydrogens is 306 g/mol. The van der Waals surface area contributed by atoms with Gasteiger partial charge >= 0.3 is 5.97 Å². The van der Waals surface area contributed by atoms with Crippen LogP contribution in [0.5, 0.6) is 0 Å². The molecule has 24 heavy (non-hydrogen) atoms. The number of aliphatic imine (C=N–C) groups is 1. The molecule has 1 heterocycles. The van der Waals surface area contributed by atoms with Gasteiger partial charge in [-0.2, -0.15) is 5.26 Å². The number of rotatable bonds is 8. The minimum absolute atomic E-state index is 0.126. The summed E-state index contributed by atoms with van der Waals surface area (Å²) in [5.74, 6) is -0.292. The normalized spacial score (nSPS) is 24.4. The van der Waals surface area contributed by atoms with E-state index in [-0.39, 0.29) is 12.6 Å². The van der Waals surface area contributed by atoms with Crippen molar-refractivity contribution < 1.29 is 14.3 Å². The second-order valence-corrected chi connectivity index (χ2v) is 7.05. The molecule has 1 aliphatic rings. The number of nitriles is 1. The van der Waals surface area contributed by atoms with Crippen LogP contribution in [0, 0.1) is 16.7 Å². The molecule has 6 nitrogen and oxygen atoms in total. The second-order valence-electron chi connectivity index (χ2n) is 7.05. The molecule has 0 aromatic heterocycles. The third-order valence-electron chi connectivity index (χ3n) is 3.59. The summed E-state index contributed by atoms with van der Waals surface area (Å²) in [5, 5.41) is 12.9. The average Bonchev–Trinajstić information content (AvgIpc) is 2.53. The van der Waals surface area contributed by atoms with E-state index >= 15 is 0 Å². The van der Waals surface area contributed by atoms with E-state index in [9.17, 15) is 10.1 Å². The Morgan fingerprint density at radius 1 is 1.50 bits per heavy atom. The summed E-state index contributed by atoms with van der Waals surface area (Å²) in [7, 11) is 0. The number of carbonyl (C=O) groups is 1. The fourth-order valence-electron chi connectivity index (χ4n) is 2.05. The molecule has 0 aromatic carbocycles. The van der Waals surface area contributed by atoms with E-state index in [0.29, 0.717) is 0 Å². The zero-order chi connectivity index (χ0) is 18.2. The first-order valence-electron chi connectivity index (χ1n) is 8.46. The summed E-state index contributed by atoms with van der Waals surface area (Å²) in [5.41, 5.74) is -1.76. The first kappa shape index (κ1) is 20.3. The highest BCUT2D eigenvalue weighted by atomic mass is 16.6. The van der Waals surface area contributed by atoms with Crippen molar-refractivity contribution >= 4 is 12.2 Å². The van der Waals surface area contributed by atoms with Crippen molar-refractivity contribution in [3.8, 4) is 6.07 Å². The van der Waals surface area contributed by atoms with Gasteiger partial charge in [0.2, 0.25) is 5.60 Å². The molecular formula is C18H29N3O3. The van der Waals surface area contributed by atoms with Crippen molar-refractivity contribution in [1.29, 1.82) is 5.26 Å². The van der Waals surface area contributed by atoms with Gasteiger partial charge in [-0.1, -0.05) is 13.3 Å². The van der Waals surface area contributed by atoms with E-state index in [4.69, 9.17) is 9.47 Å². The molecule has 0 spiro atoms. The highest BCUT2D eigenvalue weighted by Crippen LogP contribution is 2.23. The molecule has 0 aromatic rings. The van der Waals surface area contributed by atoms with Crippen molar-refractivity contribution in [2.45, 2.75) is 65.3 Å². The van der Waals surface area contributed by atoms with Crippen molar-refractivity contribution in [3.63, 3.8) is 0 Å². The van der Waals surface area contributed by atoms with Crippen LogP contribution in [-0.2, 0) is 14.3 Å². The second kappa shape index (κ2) is 8.95. The Kier molecular flexibility index (Phi) is 7.59. The summed E-state index contributed by atoms with van der Waals surface area (Å²) in [6.45, 7) is 10.1. The van der Waals surface area contributed by atoms with Gasteiger partial charge in [-0.3, -0.25) is 15.1 Å². The Morgan fingerprint density at radius 3 is 2.79 bits per heavy atom. The van der Waals surface area contributed by atoms with Crippen LogP contribution in [0.25, 0.3) is 0 Å². The summed E-state index contributed by atoms with van der Waals surface area (Å²) >= 11 is 0. The lowest BCUT2D eigenvalue weighted by Gasteiger charge is -2.33. The van der Waals surface area contributed by atoms with Gasteiger partial charge in [0.05, 0.1) is 12.0 Å². The summed E-state index contributed by atoms with van der Waals surface area (Å²) in [6.07, 6.45) is 6.19. The quantitative estimate of drug-likeness (QED) is 0.544. The van der Waals surface area contributed by atoms with Crippen molar-refractivity contribution in [2.24, 2.45) is 10.4 Å². The molecule has 1 rings (SSSR count). The first-order valence-corrected chi connectivity index (χ1v) is 8.46. The van der Waals surface area contributed by atoms with Crippen molar-refractivity contribution in [1.82, 2.24) is 5.32 Å². The summed E-state index contributed by atoms with van der Waals surface area (Å²) in [6, 6.07) is 2.21. The maximum absolute atomic E-state index is 11.9. The predicted molar refractivity (Wildman–Crippen MR) is 93.6 cm³/mol. The number of allylic oxidation sites excluding steroid dienone is 1. The number of dihydropyridines is 1. The molecule has 134 valence electrons. The number of nitrogens with one attached hydrogen (secondary N) is 1. The zero-order valence-corrected chi connectivity index (χ0v) is 15.3. The molecule has 0 fully saturated rings. The Morgan fingerprint density at radius 2 is 2.21 bits per heavy atom. The molecule has 0 aliphatic carbocycles. The zero-order valence-electron chi connectivity index (χ0n) is 15.3. The van der Waals surface area contributed by atoms with Crippen LogP contribution in [0.3, 0.4) is 0 Å². The standard InChI is InChI=1S/C18H29N3O3/c1-6-7-10-20-15-18(13-19,9-8-11-21-15)23-12-14(2)24-16(22)17(3,4)5/h8-9,11,14-15,20H,6-7,10,12H2,1-5H3. The van der Waals surface area contributed by atoms with Gasteiger partial charge in [0, 0.05) is 6.21 Å². The topological polar surface area (TPSA) is 83.7 Å². The molecule has 3 unspecified atom stereocenters. The minimum Gasteiger partial charge on any atom is -0.460 e. The van der Waals surface area contributed by atoms with E-state index in [1.807, 2.05) is 0 Å². The highest BCUT2D eigenvalue weighted by Gasteiger charge is 2.39. The maximum atomic E-state index is 11.9. The fourth-order valence-corrected chi connectivity index (χ4v) is 2.05. The van der Waals surface area contributed by atoms with E-state index < -0.39 is 23.3 Å². The maximum Gasteiger partial charge on any atom is 0.311 e. The molecule has 1 N–H and O–H groups in total. The lowest BCUT2D eigenvalue weighted by Crippen LogP contribution is -2.51. The average molecular weight is 335 g/mol. The number of hydrogen-bond acceptors (Lipinski definition) is 6. The van der Waals surface area contributed by atoms with E-state index in [0.717, 1.165) is 19.4 Å². The molecule has 1 aliphatic heterocycles. The van der Waals surface area contributed by atoms with Gasteiger partial charge in [-0.25, -0.2) is 0 Å². The molecule has 6 heteroatoms. The van der Waals surface area contributed by atoms with Crippen LogP contribution < -0.4 is 5.32 Å². The Balaban J connectivity index is 2.66. The molecule has 0 bridgehead atoms. The number of hydrogen-bond donors (Lipinski definition) is 1. The number of ether oxygens (including phenoxy) is 2. The molecule has 0 saturated heterocycles. The van der Waals surface area contributed by atoms with E-state index in [1.54, 1.807) is 46.1 Å². The number of esters is 1. The molecule has 0 saturated carbocycles. The molecule has 0 radical (unpaired) electrons. The Hall–Kier alpha value is -1.71. The molecule has 3 atom stereocenters. The van der Waals surface area contributed by atoms with Gasteiger partial charge in [-0.05, 0) is 52.8 Å². The lowest BCUT2D eigenvalue weighted by atomic mass is 9.97. The van der Waals surface area contributed by atoms with Gasteiger partial charge < -0.3 is 9.47 Å². The monoisotopic (exact) mass is 335 g/mol. The van der Waals surface area contributed by atoms with Gasteiger partial charge in [-0.15, -0.1) is 0 Å². The SMILES string of the molecule is CCCCNC1N=CC=CC1(C#N)OCC(C)OC(=O)C(C)(C)C. The highest BCUT2D eigenvalue weighted by molar-refractivity contribution is 5.75. The number of nitrogens with zero attached hydrogens (tertiary/aromatic N) is 2. The Labute approximate surface area is 144 Å².